The van der Waals surface area contributed by atoms with Crippen molar-refractivity contribution in [3.8, 4) is 0 Å². The van der Waals surface area contributed by atoms with Crippen LogP contribution < -0.4 is 5.73 Å². The van der Waals surface area contributed by atoms with Crippen LogP contribution in [0, 0.1) is 5.92 Å². The molecule has 2 aliphatic rings. The molecular formula is C21H25BrClN3O. The maximum atomic E-state index is 13.2. The SMILES string of the molecule is Cl.NCc1ccc(C2CC2)c(C(=O)C2CCC(c3ccc(Br)nc3)CC2)n1. The molecule has 0 amide bonds. The van der Waals surface area contributed by atoms with E-state index in [1.54, 1.807) is 0 Å². The number of aromatic nitrogens is 2. The van der Waals surface area contributed by atoms with Crippen LogP contribution in [0.5, 0.6) is 0 Å². The summed E-state index contributed by atoms with van der Waals surface area (Å²) in [5, 5.41) is 0. The largest absolute Gasteiger partial charge is 0.325 e. The summed E-state index contributed by atoms with van der Waals surface area (Å²) in [5.41, 5.74) is 9.68. The Kier molecular flexibility index (Phi) is 6.66. The van der Waals surface area contributed by atoms with Gasteiger partial charge in [-0.1, -0.05) is 12.1 Å². The molecule has 2 fully saturated rings. The number of hydrogen-bond donors (Lipinski definition) is 1. The van der Waals surface area contributed by atoms with E-state index < -0.39 is 0 Å². The molecule has 0 atom stereocenters. The molecule has 4 rings (SSSR count). The van der Waals surface area contributed by atoms with Gasteiger partial charge < -0.3 is 5.73 Å². The van der Waals surface area contributed by atoms with Gasteiger partial charge in [-0.05, 0) is 89.6 Å². The lowest BCUT2D eigenvalue weighted by Crippen LogP contribution is -2.23. The van der Waals surface area contributed by atoms with Crippen LogP contribution in [0.4, 0.5) is 0 Å². The number of carbonyl (C=O) groups excluding carboxylic acids is 1. The van der Waals surface area contributed by atoms with E-state index in [1.807, 2.05) is 18.3 Å². The molecule has 27 heavy (non-hydrogen) atoms. The summed E-state index contributed by atoms with van der Waals surface area (Å²) in [6.45, 7) is 0.383. The van der Waals surface area contributed by atoms with Crippen molar-refractivity contribution in [1.29, 1.82) is 0 Å². The van der Waals surface area contributed by atoms with Gasteiger partial charge in [-0.15, -0.1) is 12.4 Å². The van der Waals surface area contributed by atoms with Crippen LogP contribution in [-0.4, -0.2) is 15.8 Å². The summed E-state index contributed by atoms with van der Waals surface area (Å²) in [4.78, 5) is 22.2. The average Bonchev–Trinajstić information content (AvgIpc) is 3.53. The molecule has 0 radical (unpaired) electrons. The van der Waals surface area contributed by atoms with E-state index in [4.69, 9.17) is 5.73 Å². The molecule has 0 aromatic carbocycles. The van der Waals surface area contributed by atoms with Gasteiger partial charge in [-0.3, -0.25) is 4.79 Å². The van der Waals surface area contributed by atoms with Crippen LogP contribution in [0.25, 0.3) is 0 Å². The lowest BCUT2D eigenvalue weighted by molar-refractivity contribution is 0.0877. The smallest absolute Gasteiger partial charge is 0.184 e. The summed E-state index contributed by atoms with van der Waals surface area (Å²) in [6, 6.07) is 8.19. The zero-order valence-corrected chi connectivity index (χ0v) is 17.6. The molecule has 4 nitrogen and oxygen atoms in total. The Labute approximate surface area is 174 Å². The van der Waals surface area contributed by atoms with Crippen molar-refractivity contribution < 1.29 is 4.79 Å². The van der Waals surface area contributed by atoms with Crippen LogP contribution in [0.3, 0.4) is 0 Å². The highest BCUT2D eigenvalue weighted by Crippen LogP contribution is 2.43. The molecule has 2 aromatic rings. The molecule has 144 valence electrons. The minimum absolute atomic E-state index is 0. The molecule has 2 heterocycles. The van der Waals surface area contributed by atoms with Gasteiger partial charge >= 0.3 is 0 Å². The minimum Gasteiger partial charge on any atom is -0.325 e. The Morgan fingerprint density at radius 3 is 2.33 bits per heavy atom. The lowest BCUT2D eigenvalue weighted by atomic mass is 9.76. The Hall–Kier alpha value is -1.30. The molecule has 2 saturated carbocycles. The molecule has 2 aliphatic carbocycles. The molecule has 0 spiro atoms. The van der Waals surface area contributed by atoms with Gasteiger partial charge in [0.15, 0.2) is 5.78 Å². The van der Waals surface area contributed by atoms with E-state index in [0.717, 1.165) is 41.5 Å². The van der Waals surface area contributed by atoms with Crippen LogP contribution in [0.2, 0.25) is 0 Å². The topological polar surface area (TPSA) is 68.9 Å². The number of Topliss-reactive ketones (excluding diaryl/α,β-unsaturated/α-hetero) is 1. The standard InChI is InChI=1S/C21H24BrN3O.ClH/c22-19-10-7-16(12-24-19)13-1-5-15(6-2-13)21(26)20-18(14-3-4-14)9-8-17(11-23)25-20;/h7-10,12-15H,1-6,11,23H2;1H. The second-order valence-corrected chi connectivity index (χ2v) is 8.36. The van der Waals surface area contributed by atoms with Crippen molar-refractivity contribution in [2.75, 3.05) is 0 Å². The summed E-state index contributed by atoms with van der Waals surface area (Å²) >= 11 is 3.39. The number of halogens is 2. The van der Waals surface area contributed by atoms with Crippen molar-refractivity contribution in [2.45, 2.75) is 56.9 Å². The van der Waals surface area contributed by atoms with Gasteiger partial charge in [0.2, 0.25) is 0 Å². The van der Waals surface area contributed by atoms with E-state index >= 15 is 0 Å². The van der Waals surface area contributed by atoms with Crippen LogP contribution in [0.15, 0.2) is 35.1 Å². The van der Waals surface area contributed by atoms with Crippen LogP contribution in [-0.2, 0) is 6.54 Å². The van der Waals surface area contributed by atoms with Gasteiger partial charge in [0.25, 0.3) is 0 Å². The summed E-state index contributed by atoms with van der Waals surface area (Å²) in [6.07, 6.45) is 8.23. The van der Waals surface area contributed by atoms with E-state index in [1.165, 1.54) is 18.4 Å². The van der Waals surface area contributed by atoms with Crippen molar-refractivity contribution in [3.63, 3.8) is 0 Å². The molecule has 0 unspecified atom stereocenters. The first-order valence-electron chi connectivity index (χ1n) is 9.51. The third-order valence-electron chi connectivity index (χ3n) is 5.76. The predicted molar refractivity (Wildman–Crippen MR) is 112 cm³/mol. The van der Waals surface area contributed by atoms with Gasteiger partial charge in [-0.2, -0.15) is 0 Å². The van der Waals surface area contributed by atoms with Crippen molar-refractivity contribution in [3.05, 3.63) is 57.6 Å². The normalized spacial score (nSPS) is 22.1. The second-order valence-electron chi connectivity index (χ2n) is 7.55. The molecule has 0 aliphatic heterocycles. The highest BCUT2D eigenvalue weighted by Gasteiger charge is 2.33. The maximum absolute atomic E-state index is 13.2. The Morgan fingerprint density at radius 1 is 1.04 bits per heavy atom. The number of ketones is 1. The average molecular weight is 451 g/mol. The molecular weight excluding hydrogens is 426 g/mol. The Bertz CT molecular complexity index is 800. The van der Waals surface area contributed by atoms with Gasteiger partial charge in [0, 0.05) is 18.7 Å². The predicted octanol–water partition coefficient (Wildman–Crippen LogP) is 5.15. The second kappa shape index (κ2) is 8.80. The molecule has 2 N–H and O–H groups in total. The molecule has 6 heteroatoms. The number of hydrogen-bond acceptors (Lipinski definition) is 4. The van der Waals surface area contributed by atoms with Crippen molar-refractivity contribution in [1.82, 2.24) is 9.97 Å². The highest BCUT2D eigenvalue weighted by atomic mass is 79.9. The monoisotopic (exact) mass is 449 g/mol. The van der Waals surface area contributed by atoms with E-state index in [2.05, 4.69) is 38.0 Å². The lowest BCUT2D eigenvalue weighted by Gasteiger charge is -2.28. The van der Waals surface area contributed by atoms with Crippen LogP contribution >= 0.6 is 28.3 Å². The van der Waals surface area contributed by atoms with Crippen molar-refractivity contribution in [2.24, 2.45) is 11.7 Å². The fourth-order valence-electron chi connectivity index (χ4n) is 4.06. The Balaban J connectivity index is 0.00000210. The minimum atomic E-state index is 0. The summed E-state index contributed by atoms with van der Waals surface area (Å²) < 4.78 is 0.864. The first-order valence-corrected chi connectivity index (χ1v) is 10.3. The molecule has 0 bridgehead atoms. The number of pyridine rings is 2. The number of nitrogens with zero attached hydrogens (tertiary/aromatic N) is 2. The maximum Gasteiger partial charge on any atom is 0.184 e. The van der Waals surface area contributed by atoms with E-state index in [0.29, 0.717) is 24.1 Å². The van der Waals surface area contributed by atoms with Crippen molar-refractivity contribution >= 4 is 34.1 Å². The first-order chi connectivity index (χ1) is 12.7. The highest BCUT2D eigenvalue weighted by molar-refractivity contribution is 9.10. The fraction of sp³-hybridized carbons (Fsp3) is 0.476. The number of nitrogens with two attached hydrogens (primary N) is 1. The summed E-state index contributed by atoms with van der Waals surface area (Å²) in [7, 11) is 0. The quantitative estimate of drug-likeness (QED) is 0.505. The fourth-order valence-corrected chi connectivity index (χ4v) is 4.29. The number of carbonyl (C=O) groups is 1. The first kappa shape index (κ1) is 20.4. The third kappa shape index (κ3) is 4.58. The van der Waals surface area contributed by atoms with E-state index in [-0.39, 0.29) is 24.1 Å². The third-order valence-corrected chi connectivity index (χ3v) is 6.23. The molecule has 2 aromatic heterocycles. The Morgan fingerprint density at radius 2 is 1.74 bits per heavy atom. The number of rotatable bonds is 5. The summed E-state index contributed by atoms with van der Waals surface area (Å²) in [5.74, 6) is 1.35. The van der Waals surface area contributed by atoms with Gasteiger partial charge in [0.1, 0.15) is 10.3 Å². The zero-order chi connectivity index (χ0) is 18.1. The molecule has 0 saturated heterocycles. The van der Waals surface area contributed by atoms with Gasteiger partial charge in [-0.25, -0.2) is 9.97 Å². The van der Waals surface area contributed by atoms with Gasteiger partial charge in [0.05, 0.1) is 5.69 Å². The van der Waals surface area contributed by atoms with Crippen LogP contribution in [0.1, 0.15) is 77.7 Å². The van der Waals surface area contributed by atoms with E-state index in [9.17, 15) is 4.79 Å². The zero-order valence-electron chi connectivity index (χ0n) is 15.2.